The Balaban J connectivity index is 1.50. The molecule has 2 fully saturated rings. The lowest BCUT2D eigenvalue weighted by Crippen LogP contribution is -2.37. The Labute approximate surface area is 106 Å². The number of hydrogen-bond donors (Lipinski definition) is 1. The molecule has 2 rings (SSSR count). The quantitative estimate of drug-likeness (QED) is 0.719. The molecule has 0 spiro atoms. The molecule has 1 heterocycles. The van der Waals surface area contributed by atoms with Gasteiger partial charge in [0.05, 0.1) is 12.2 Å². The van der Waals surface area contributed by atoms with Crippen LogP contribution in [0.1, 0.15) is 45.4 Å². The Kier molecular flexibility index (Phi) is 5.26. The monoisotopic (exact) mass is 240 g/mol. The first-order chi connectivity index (χ1) is 8.25. The fraction of sp³-hybridized carbons (Fsp3) is 1.00. The van der Waals surface area contributed by atoms with Crippen LogP contribution in [-0.2, 0) is 4.74 Å². The van der Waals surface area contributed by atoms with Gasteiger partial charge in [-0.25, -0.2) is 0 Å². The first-order valence-electron chi connectivity index (χ1n) is 7.32. The van der Waals surface area contributed by atoms with Crippen molar-refractivity contribution in [3.8, 4) is 0 Å². The molecule has 0 bridgehead atoms. The van der Waals surface area contributed by atoms with Gasteiger partial charge < -0.3 is 15.0 Å². The standard InChI is InChI=1S/C14H28N2O/c1-12-7-8-14(17-12)11-15-9-10-16(2)13-5-3-4-6-13/h12-15H,3-11H2,1-2H3. The first kappa shape index (κ1) is 13.3. The van der Waals surface area contributed by atoms with Gasteiger partial charge in [-0.3, -0.25) is 0 Å². The molecule has 3 heteroatoms. The summed E-state index contributed by atoms with van der Waals surface area (Å²) in [7, 11) is 2.27. The summed E-state index contributed by atoms with van der Waals surface area (Å²) in [5, 5.41) is 3.54. The van der Waals surface area contributed by atoms with Crippen molar-refractivity contribution >= 4 is 0 Å². The summed E-state index contributed by atoms with van der Waals surface area (Å²) in [6.07, 6.45) is 9.05. The molecular formula is C14H28N2O. The minimum absolute atomic E-state index is 0.460. The molecule has 1 aliphatic carbocycles. The molecule has 0 aromatic heterocycles. The molecule has 100 valence electrons. The van der Waals surface area contributed by atoms with Gasteiger partial charge in [-0.15, -0.1) is 0 Å². The molecule has 17 heavy (non-hydrogen) atoms. The van der Waals surface area contributed by atoms with Gasteiger partial charge in [0.25, 0.3) is 0 Å². The summed E-state index contributed by atoms with van der Waals surface area (Å²) in [6, 6.07) is 0.847. The van der Waals surface area contributed by atoms with Gasteiger partial charge in [-0.05, 0) is 39.7 Å². The summed E-state index contributed by atoms with van der Waals surface area (Å²) in [4.78, 5) is 2.53. The maximum absolute atomic E-state index is 5.79. The Hall–Kier alpha value is -0.120. The van der Waals surface area contributed by atoms with Gasteiger partial charge in [0, 0.05) is 25.7 Å². The average molecular weight is 240 g/mol. The lowest BCUT2D eigenvalue weighted by atomic mass is 10.2. The molecule has 1 saturated carbocycles. The molecule has 0 aromatic rings. The summed E-state index contributed by atoms with van der Waals surface area (Å²) in [5.74, 6) is 0. The maximum atomic E-state index is 5.79. The number of ether oxygens (including phenoxy) is 1. The molecule has 3 nitrogen and oxygen atoms in total. The predicted octanol–water partition coefficient (Wildman–Crippen LogP) is 2.02. The summed E-state index contributed by atoms with van der Waals surface area (Å²) in [5.41, 5.74) is 0. The zero-order chi connectivity index (χ0) is 12.1. The van der Waals surface area contributed by atoms with Gasteiger partial charge in [-0.1, -0.05) is 12.8 Å². The van der Waals surface area contributed by atoms with Crippen LogP contribution in [0, 0.1) is 0 Å². The van der Waals surface area contributed by atoms with Gasteiger partial charge in [-0.2, -0.15) is 0 Å². The second kappa shape index (κ2) is 6.72. The molecule has 0 aromatic carbocycles. The molecule has 0 radical (unpaired) electrons. The number of nitrogens with zero attached hydrogens (tertiary/aromatic N) is 1. The third kappa shape index (κ3) is 4.23. The van der Waals surface area contributed by atoms with Crippen LogP contribution in [0.5, 0.6) is 0 Å². The molecule has 2 unspecified atom stereocenters. The molecule has 1 aliphatic heterocycles. The van der Waals surface area contributed by atoms with Crippen LogP contribution in [0.2, 0.25) is 0 Å². The third-order valence-electron chi connectivity index (χ3n) is 4.28. The number of rotatable bonds is 6. The van der Waals surface area contributed by atoms with E-state index in [0.29, 0.717) is 12.2 Å². The Morgan fingerprint density at radius 2 is 1.94 bits per heavy atom. The zero-order valence-electron chi connectivity index (χ0n) is 11.5. The number of nitrogens with one attached hydrogen (secondary N) is 1. The van der Waals surface area contributed by atoms with Gasteiger partial charge >= 0.3 is 0 Å². The Bertz CT molecular complexity index is 216. The highest BCUT2D eigenvalue weighted by molar-refractivity contribution is 4.76. The fourth-order valence-electron chi connectivity index (χ4n) is 3.08. The van der Waals surface area contributed by atoms with Crippen LogP contribution in [-0.4, -0.2) is 49.8 Å². The Morgan fingerprint density at radius 1 is 1.18 bits per heavy atom. The summed E-state index contributed by atoms with van der Waals surface area (Å²) in [6.45, 7) is 5.48. The largest absolute Gasteiger partial charge is 0.374 e. The molecule has 1 N–H and O–H groups in total. The van der Waals surface area contributed by atoms with E-state index in [1.165, 1.54) is 45.1 Å². The van der Waals surface area contributed by atoms with Crippen LogP contribution in [0.15, 0.2) is 0 Å². The highest BCUT2D eigenvalue weighted by Gasteiger charge is 2.21. The van der Waals surface area contributed by atoms with E-state index >= 15 is 0 Å². The van der Waals surface area contributed by atoms with Crippen LogP contribution in [0.4, 0.5) is 0 Å². The van der Waals surface area contributed by atoms with Crippen molar-refractivity contribution in [1.29, 1.82) is 0 Å². The normalized spacial score (nSPS) is 30.5. The van der Waals surface area contributed by atoms with E-state index in [1.54, 1.807) is 0 Å². The van der Waals surface area contributed by atoms with Crippen molar-refractivity contribution in [3.63, 3.8) is 0 Å². The number of hydrogen-bond acceptors (Lipinski definition) is 3. The van der Waals surface area contributed by atoms with Crippen molar-refractivity contribution in [3.05, 3.63) is 0 Å². The van der Waals surface area contributed by atoms with E-state index in [0.717, 1.165) is 19.1 Å². The van der Waals surface area contributed by atoms with E-state index in [-0.39, 0.29) is 0 Å². The molecular weight excluding hydrogens is 212 g/mol. The smallest absolute Gasteiger partial charge is 0.0704 e. The topological polar surface area (TPSA) is 24.5 Å². The SMILES string of the molecule is CC1CCC(CNCCN(C)C2CCCC2)O1. The van der Waals surface area contributed by atoms with Gasteiger partial charge in [0.1, 0.15) is 0 Å². The van der Waals surface area contributed by atoms with Crippen LogP contribution in [0.3, 0.4) is 0 Å². The van der Waals surface area contributed by atoms with Crippen molar-refractivity contribution in [2.24, 2.45) is 0 Å². The van der Waals surface area contributed by atoms with E-state index in [2.05, 4.69) is 24.2 Å². The van der Waals surface area contributed by atoms with E-state index < -0.39 is 0 Å². The number of likely N-dealkylation sites (N-methyl/N-ethyl adjacent to an activating group) is 1. The van der Waals surface area contributed by atoms with E-state index in [9.17, 15) is 0 Å². The minimum atomic E-state index is 0.460. The van der Waals surface area contributed by atoms with Crippen molar-refractivity contribution in [2.45, 2.75) is 63.7 Å². The van der Waals surface area contributed by atoms with E-state index in [4.69, 9.17) is 4.74 Å². The Morgan fingerprint density at radius 3 is 2.59 bits per heavy atom. The van der Waals surface area contributed by atoms with Crippen molar-refractivity contribution in [2.75, 3.05) is 26.7 Å². The molecule has 2 aliphatic rings. The van der Waals surface area contributed by atoms with Gasteiger partial charge in [0.15, 0.2) is 0 Å². The van der Waals surface area contributed by atoms with Gasteiger partial charge in [0.2, 0.25) is 0 Å². The third-order valence-corrected chi connectivity index (χ3v) is 4.28. The van der Waals surface area contributed by atoms with Crippen LogP contribution in [0.25, 0.3) is 0 Å². The van der Waals surface area contributed by atoms with Crippen LogP contribution < -0.4 is 5.32 Å². The average Bonchev–Trinajstić information content (AvgIpc) is 2.95. The molecule has 1 saturated heterocycles. The molecule has 0 amide bonds. The van der Waals surface area contributed by atoms with Crippen molar-refractivity contribution in [1.82, 2.24) is 10.2 Å². The first-order valence-corrected chi connectivity index (χ1v) is 7.32. The van der Waals surface area contributed by atoms with Crippen molar-refractivity contribution < 1.29 is 4.74 Å². The summed E-state index contributed by atoms with van der Waals surface area (Å²) >= 11 is 0. The zero-order valence-corrected chi connectivity index (χ0v) is 11.5. The van der Waals surface area contributed by atoms with E-state index in [1.807, 2.05) is 0 Å². The molecule has 2 atom stereocenters. The summed E-state index contributed by atoms with van der Waals surface area (Å²) < 4.78 is 5.79. The van der Waals surface area contributed by atoms with Crippen LogP contribution >= 0.6 is 0 Å². The second-order valence-corrected chi connectivity index (χ2v) is 5.77. The highest BCUT2D eigenvalue weighted by atomic mass is 16.5. The fourth-order valence-corrected chi connectivity index (χ4v) is 3.08. The lowest BCUT2D eigenvalue weighted by Gasteiger charge is -2.24. The predicted molar refractivity (Wildman–Crippen MR) is 71.3 cm³/mol. The maximum Gasteiger partial charge on any atom is 0.0704 e. The minimum Gasteiger partial charge on any atom is -0.374 e. The lowest BCUT2D eigenvalue weighted by molar-refractivity contribution is 0.0557. The highest BCUT2D eigenvalue weighted by Crippen LogP contribution is 2.22. The second-order valence-electron chi connectivity index (χ2n) is 5.77.